The van der Waals surface area contributed by atoms with Crippen molar-refractivity contribution in [1.29, 1.82) is 0 Å². The minimum absolute atomic E-state index is 0.0387. The Hall–Kier alpha value is -2.33. The molecule has 1 aliphatic heterocycles. The molecule has 124 valence electrons. The van der Waals surface area contributed by atoms with Crippen molar-refractivity contribution in [3.8, 4) is 0 Å². The highest BCUT2D eigenvalue weighted by Crippen LogP contribution is 2.18. The molecule has 24 heavy (non-hydrogen) atoms. The van der Waals surface area contributed by atoms with Gasteiger partial charge in [0.05, 0.1) is 5.02 Å². The quantitative estimate of drug-likeness (QED) is 0.790. The van der Waals surface area contributed by atoms with Gasteiger partial charge in [-0.25, -0.2) is 4.39 Å². The Morgan fingerprint density at radius 2 is 1.75 bits per heavy atom. The molecule has 1 fully saturated rings. The summed E-state index contributed by atoms with van der Waals surface area (Å²) in [6, 6.07) is 14.6. The molecule has 0 aromatic heterocycles. The Balaban J connectivity index is 1.57. The molecule has 1 heterocycles. The van der Waals surface area contributed by atoms with Crippen molar-refractivity contribution in [2.75, 3.05) is 31.1 Å². The number of nitrogens with zero attached hydrogens (tertiary/aromatic N) is 2. The lowest BCUT2D eigenvalue weighted by Crippen LogP contribution is -2.48. The molecule has 0 radical (unpaired) electrons. The minimum atomic E-state index is -0.461. The van der Waals surface area contributed by atoms with Crippen LogP contribution in [-0.2, 0) is 4.79 Å². The maximum absolute atomic E-state index is 13.1. The third kappa shape index (κ3) is 3.95. The summed E-state index contributed by atoms with van der Waals surface area (Å²) in [5.41, 5.74) is 1.89. The molecule has 0 bridgehead atoms. The molecule has 1 saturated heterocycles. The highest BCUT2D eigenvalue weighted by atomic mass is 35.5. The third-order valence-corrected chi connectivity index (χ3v) is 4.36. The van der Waals surface area contributed by atoms with E-state index < -0.39 is 5.82 Å². The predicted octanol–water partition coefficient (Wildman–Crippen LogP) is 3.84. The van der Waals surface area contributed by atoms with Crippen molar-refractivity contribution >= 4 is 29.3 Å². The first-order valence-electron chi connectivity index (χ1n) is 7.85. The summed E-state index contributed by atoms with van der Waals surface area (Å²) in [6.07, 6.45) is 3.18. The van der Waals surface area contributed by atoms with Crippen LogP contribution in [0.3, 0.4) is 0 Å². The van der Waals surface area contributed by atoms with E-state index in [0.29, 0.717) is 18.7 Å². The van der Waals surface area contributed by atoms with Crippen LogP contribution < -0.4 is 4.90 Å². The SMILES string of the molecule is O=C(/C=C/c1ccc(F)c(Cl)c1)N1CCN(c2ccccc2)CC1. The number of amides is 1. The number of piperazine rings is 1. The van der Waals surface area contributed by atoms with E-state index in [1.165, 1.54) is 23.9 Å². The van der Waals surface area contributed by atoms with Gasteiger partial charge >= 0.3 is 0 Å². The van der Waals surface area contributed by atoms with Gasteiger partial charge in [-0.1, -0.05) is 35.9 Å². The molecular formula is C19H18ClFN2O. The topological polar surface area (TPSA) is 23.6 Å². The van der Waals surface area contributed by atoms with E-state index in [1.807, 2.05) is 23.1 Å². The van der Waals surface area contributed by atoms with E-state index in [2.05, 4.69) is 17.0 Å². The molecule has 1 aliphatic rings. The van der Waals surface area contributed by atoms with E-state index in [0.717, 1.165) is 13.1 Å². The molecular weight excluding hydrogens is 327 g/mol. The summed E-state index contributed by atoms with van der Waals surface area (Å²) in [4.78, 5) is 16.4. The van der Waals surface area contributed by atoms with Gasteiger partial charge in [0.25, 0.3) is 0 Å². The fraction of sp³-hybridized carbons (Fsp3) is 0.211. The second kappa shape index (κ2) is 7.49. The number of carbonyl (C=O) groups is 1. The maximum atomic E-state index is 13.1. The lowest BCUT2D eigenvalue weighted by Gasteiger charge is -2.35. The van der Waals surface area contributed by atoms with E-state index in [1.54, 1.807) is 12.1 Å². The van der Waals surface area contributed by atoms with Gasteiger partial charge in [0, 0.05) is 37.9 Å². The van der Waals surface area contributed by atoms with Crippen LogP contribution in [0.2, 0.25) is 5.02 Å². The maximum Gasteiger partial charge on any atom is 0.246 e. The van der Waals surface area contributed by atoms with Crippen LogP contribution in [0.15, 0.2) is 54.6 Å². The lowest BCUT2D eigenvalue weighted by molar-refractivity contribution is -0.126. The second-order valence-corrected chi connectivity index (χ2v) is 6.06. The molecule has 0 saturated carbocycles. The smallest absolute Gasteiger partial charge is 0.246 e. The van der Waals surface area contributed by atoms with Crippen molar-refractivity contribution in [2.24, 2.45) is 0 Å². The Kier molecular flexibility index (Phi) is 5.16. The summed E-state index contributed by atoms with van der Waals surface area (Å²) in [7, 11) is 0. The van der Waals surface area contributed by atoms with Gasteiger partial charge < -0.3 is 9.80 Å². The Morgan fingerprint density at radius 3 is 2.42 bits per heavy atom. The lowest BCUT2D eigenvalue weighted by atomic mass is 10.2. The third-order valence-electron chi connectivity index (χ3n) is 4.07. The van der Waals surface area contributed by atoms with Crippen molar-refractivity contribution in [1.82, 2.24) is 4.90 Å². The number of para-hydroxylation sites is 1. The monoisotopic (exact) mass is 344 g/mol. The van der Waals surface area contributed by atoms with E-state index in [9.17, 15) is 9.18 Å². The summed E-state index contributed by atoms with van der Waals surface area (Å²) in [5, 5.41) is 0.0566. The van der Waals surface area contributed by atoms with Crippen LogP contribution in [0.25, 0.3) is 6.08 Å². The molecule has 2 aromatic carbocycles. The molecule has 0 unspecified atom stereocenters. The molecule has 2 aromatic rings. The Bertz CT molecular complexity index is 740. The van der Waals surface area contributed by atoms with Crippen LogP contribution in [-0.4, -0.2) is 37.0 Å². The van der Waals surface area contributed by atoms with E-state index >= 15 is 0 Å². The highest BCUT2D eigenvalue weighted by Gasteiger charge is 2.19. The molecule has 5 heteroatoms. The highest BCUT2D eigenvalue weighted by molar-refractivity contribution is 6.30. The number of hydrogen-bond donors (Lipinski definition) is 0. The standard InChI is InChI=1S/C19H18ClFN2O/c20-17-14-15(6-8-18(17)21)7-9-19(24)23-12-10-22(11-13-23)16-4-2-1-3-5-16/h1-9,14H,10-13H2/b9-7+. The number of halogens is 2. The molecule has 1 amide bonds. The molecule has 0 N–H and O–H groups in total. The summed E-state index contributed by atoms with van der Waals surface area (Å²) >= 11 is 5.74. The molecule has 3 nitrogen and oxygen atoms in total. The fourth-order valence-electron chi connectivity index (χ4n) is 2.71. The minimum Gasteiger partial charge on any atom is -0.368 e. The van der Waals surface area contributed by atoms with E-state index in [4.69, 9.17) is 11.6 Å². The van der Waals surface area contributed by atoms with Crippen molar-refractivity contribution < 1.29 is 9.18 Å². The van der Waals surface area contributed by atoms with Crippen LogP contribution in [0.5, 0.6) is 0 Å². The first-order chi connectivity index (χ1) is 11.6. The first kappa shape index (κ1) is 16.5. The number of anilines is 1. The van der Waals surface area contributed by atoms with Crippen molar-refractivity contribution in [2.45, 2.75) is 0 Å². The molecule has 0 spiro atoms. The van der Waals surface area contributed by atoms with Gasteiger partial charge in [0.2, 0.25) is 5.91 Å². The predicted molar refractivity (Wildman–Crippen MR) is 95.7 cm³/mol. The second-order valence-electron chi connectivity index (χ2n) is 5.65. The summed E-state index contributed by atoms with van der Waals surface area (Å²) < 4.78 is 13.1. The number of rotatable bonds is 3. The molecule has 0 atom stereocenters. The normalized spacial score (nSPS) is 15.1. The van der Waals surface area contributed by atoms with Crippen LogP contribution in [0.4, 0.5) is 10.1 Å². The summed E-state index contributed by atoms with van der Waals surface area (Å²) in [6.45, 7) is 2.99. The number of benzene rings is 2. The van der Waals surface area contributed by atoms with Gasteiger partial charge in [-0.05, 0) is 35.9 Å². The largest absolute Gasteiger partial charge is 0.368 e. The zero-order valence-corrected chi connectivity index (χ0v) is 13.9. The van der Waals surface area contributed by atoms with Gasteiger partial charge in [0.1, 0.15) is 5.82 Å². The Labute approximate surface area is 145 Å². The van der Waals surface area contributed by atoms with Crippen LogP contribution in [0.1, 0.15) is 5.56 Å². The first-order valence-corrected chi connectivity index (χ1v) is 8.23. The average Bonchev–Trinajstić information content (AvgIpc) is 2.63. The number of hydrogen-bond acceptors (Lipinski definition) is 2. The van der Waals surface area contributed by atoms with Crippen LogP contribution in [0, 0.1) is 5.82 Å². The van der Waals surface area contributed by atoms with Gasteiger partial charge in [-0.15, -0.1) is 0 Å². The van der Waals surface area contributed by atoms with Crippen molar-refractivity contribution in [3.63, 3.8) is 0 Å². The van der Waals surface area contributed by atoms with Crippen LogP contribution >= 0.6 is 11.6 Å². The van der Waals surface area contributed by atoms with Gasteiger partial charge in [0.15, 0.2) is 0 Å². The average molecular weight is 345 g/mol. The van der Waals surface area contributed by atoms with Gasteiger partial charge in [-0.2, -0.15) is 0 Å². The fourth-order valence-corrected chi connectivity index (χ4v) is 2.90. The Morgan fingerprint density at radius 1 is 1.04 bits per heavy atom. The summed E-state index contributed by atoms with van der Waals surface area (Å²) in [5.74, 6) is -0.500. The molecule has 3 rings (SSSR count). The van der Waals surface area contributed by atoms with Gasteiger partial charge in [-0.3, -0.25) is 4.79 Å². The van der Waals surface area contributed by atoms with Crippen molar-refractivity contribution in [3.05, 3.63) is 71.0 Å². The van der Waals surface area contributed by atoms with E-state index in [-0.39, 0.29) is 10.9 Å². The zero-order valence-electron chi connectivity index (χ0n) is 13.2. The molecule has 0 aliphatic carbocycles. The zero-order chi connectivity index (χ0) is 16.9. The number of carbonyl (C=O) groups excluding carboxylic acids is 1.